The van der Waals surface area contributed by atoms with Crippen LogP contribution in [0.15, 0.2) is 27.6 Å². The summed E-state index contributed by atoms with van der Waals surface area (Å²) in [4.78, 5) is 10.6. The molecule has 0 amide bonds. The number of hydrogen-bond donors (Lipinski definition) is 3. The van der Waals surface area contributed by atoms with Crippen molar-refractivity contribution in [3.8, 4) is 0 Å². The minimum Gasteiger partial charge on any atom is -0.478 e. The number of aromatic nitrogens is 1. The molecule has 0 aliphatic heterocycles. The number of carbonyl (C=O) groups is 1. The molecule has 9 heteroatoms. The molecule has 0 fully saturated rings. The fraction of sp³-hybridized carbons (Fsp3) is 0.167. The zero-order valence-electron chi connectivity index (χ0n) is 11.2. The maximum atomic E-state index is 12.2. The Morgan fingerprint density at radius 3 is 2.52 bits per heavy atom. The molecular formula is C12H13N3O5S. The van der Waals surface area contributed by atoms with Crippen LogP contribution in [0, 0.1) is 13.8 Å². The number of nitrogen functional groups attached to an aromatic ring is 1. The average molecular weight is 311 g/mol. The normalized spacial score (nSPS) is 11.3. The van der Waals surface area contributed by atoms with Crippen molar-refractivity contribution in [3.63, 3.8) is 0 Å². The number of aryl methyl sites for hydroxylation is 1. The Balaban J connectivity index is 2.40. The first-order chi connectivity index (χ1) is 9.72. The van der Waals surface area contributed by atoms with Crippen LogP contribution in [-0.2, 0) is 10.0 Å². The van der Waals surface area contributed by atoms with Crippen molar-refractivity contribution in [1.82, 2.24) is 5.16 Å². The van der Waals surface area contributed by atoms with Crippen molar-refractivity contribution in [2.75, 3.05) is 10.5 Å². The quantitative estimate of drug-likeness (QED) is 0.725. The van der Waals surface area contributed by atoms with E-state index in [1.807, 2.05) is 0 Å². The Morgan fingerprint density at radius 1 is 1.38 bits per heavy atom. The minimum atomic E-state index is -4.00. The Hall–Kier alpha value is -2.55. The van der Waals surface area contributed by atoms with E-state index >= 15 is 0 Å². The minimum absolute atomic E-state index is 0.00536. The van der Waals surface area contributed by atoms with Gasteiger partial charge in [-0.15, -0.1) is 0 Å². The summed E-state index contributed by atoms with van der Waals surface area (Å²) in [5, 5.41) is 12.5. The first kappa shape index (κ1) is 14.9. The molecule has 1 aromatic carbocycles. The van der Waals surface area contributed by atoms with E-state index in [1.165, 1.54) is 0 Å². The zero-order valence-corrected chi connectivity index (χ0v) is 12.1. The summed E-state index contributed by atoms with van der Waals surface area (Å²) in [7, 11) is -4.00. The van der Waals surface area contributed by atoms with Crippen LogP contribution < -0.4 is 10.5 Å². The Morgan fingerprint density at radius 2 is 2.05 bits per heavy atom. The third-order valence-electron chi connectivity index (χ3n) is 2.93. The van der Waals surface area contributed by atoms with Crippen molar-refractivity contribution in [2.45, 2.75) is 18.7 Å². The summed E-state index contributed by atoms with van der Waals surface area (Å²) >= 11 is 0. The van der Waals surface area contributed by atoms with Gasteiger partial charge in [0.25, 0.3) is 10.0 Å². The molecule has 0 saturated heterocycles. The predicted octanol–water partition coefficient (Wildman–Crippen LogP) is 1.37. The second-order valence-electron chi connectivity index (χ2n) is 4.39. The van der Waals surface area contributed by atoms with Gasteiger partial charge in [0.1, 0.15) is 4.90 Å². The van der Waals surface area contributed by atoms with Crippen LogP contribution in [0.1, 0.15) is 21.6 Å². The Labute approximate surface area is 120 Å². The first-order valence-corrected chi connectivity index (χ1v) is 7.29. The third kappa shape index (κ3) is 2.82. The molecule has 2 rings (SSSR count). The summed E-state index contributed by atoms with van der Waals surface area (Å²) in [6, 6.07) is 3.36. The van der Waals surface area contributed by atoms with Crippen molar-refractivity contribution >= 4 is 27.6 Å². The van der Waals surface area contributed by atoms with E-state index in [9.17, 15) is 13.2 Å². The van der Waals surface area contributed by atoms with E-state index in [2.05, 4.69) is 9.88 Å². The molecule has 1 heterocycles. The maximum absolute atomic E-state index is 12.2. The summed E-state index contributed by atoms with van der Waals surface area (Å²) in [6.07, 6.45) is 0. The molecular weight excluding hydrogens is 298 g/mol. The van der Waals surface area contributed by atoms with Gasteiger partial charge in [0, 0.05) is 5.56 Å². The number of sulfonamides is 1. The fourth-order valence-corrected chi connectivity index (χ4v) is 2.77. The highest BCUT2D eigenvalue weighted by Crippen LogP contribution is 2.25. The van der Waals surface area contributed by atoms with Gasteiger partial charge in [-0.25, -0.2) is 17.9 Å². The summed E-state index contributed by atoms with van der Waals surface area (Å²) in [5.41, 5.74) is 6.46. The van der Waals surface area contributed by atoms with Crippen LogP contribution in [0.2, 0.25) is 0 Å². The van der Waals surface area contributed by atoms with Crippen LogP contribution in [0.4, 0.5) is 11.6 Å². The van der Waals surface area contributed by atoms with Gasteiger partial charge in [-0.05, 0) is 32.0 Å². The number of aromatic carboxylic acids is 1. The number of nitrogens with zero attached hydrogens (tertiary/aromatic N) is 1. The monoisotopic (exact) mass is 311 g/mol. The van der Waals surface area contributed by atoms with E-state index in [0.717, 1.165) is 18.2 Å². The van der Waals surface area contributed by atoms with Crippen LogP contribution >= 0.6 is 0 Å². The molecule has 0 aliphatic rings. The van der Waals surface area contributed by atoms with Crippen LogP contribution in [-0.4, -0.2) is 24.7 Å². The number of benzene rings is 1. The number of rotatable bonds is 4. The molecule has 0 atom stereocenters. The molecule has 8 nitrogen and oxygen atoms in total. The lowest BCUT2D eigenvalue weighted by molar-refractivity contribution is 0.0697. The summed E-state index contributed by atoms with van der Waals surface area (Å²) in [6.45, 7) is 3.33. The van der Waals surface area contributed by atoms with Gasteiger partial charge in [-0.1, -0.05) is 5.16 Å². The van der Waals surface area contributed by atoms with Gasteiger partial charge in [0.15, 0.2) is 0 Å². The Bertz CT molecular complexity index is 810. The van der Waals surface area contributed by atoms with E-state index < -0.39 is 16.0 Å². The molecule has 0 unspecified atom stereocenters. The molecule has 21 heavy (non-hydrogen) atoms. The standard InChI is InChI=1S/C12H13N3O5S/c1-6-7(2)14-20-11(6)15-21(18,19)10-4-3-8(12(16)17)5-9(10)13/h3-5,15H,13H2,1-2H3,(H,16,17). The molecule has 0 radical (unpaired) electrons. The predicted molar refractivity (Wildman–Crippen MR) is 74.6 cm³/mol. The summed E-state index contributed by atoms with van der Waals surface area (Å²) in [5.74, 6) is -1.20. The van der Waals surface area contributed by atoms with Crippen molar-refractivity contribution in [3.05, 3.63) is 35.0 Å². The molecule has 0 saturated carbocycles. The lowest BCUT2D eigenvalue weighted by atomic mass is 10.2. The number of hydrogen-bond acceptors (Lipinski definition) is 6. The smallest absolute Gasteiger partial charge is 0.335 e. The highest BCUT2D eigenvalue weighted by Gasteiger charge is 2.22. The number of carboxylic acids is 1. The van der Waals surface area contributed by atoms with Crippen molar-refractivity contribution in [2.24, 2.45) is 0 Å². The van der Waals surface area contributed by atoms with Gasteiger partial charge >= 0.3 is 5.97 Å². The van der Waals surface area contributed by atoms with E-state index in [4.69, 9.17) is 15.4 Å². The maximum Gasteiger partial charge on any atom is 0.335 e. The van der Waals surface area contributed by atoms with Gasteiger partial charge < -0.3 is 15.4 Å². The van der Waals surface area contributed by atoms with Crippen molar-refractivity contribution in [1.29, 1.82) is 0 Å². The Kier molecular flexibility index (Phi) is 3.60. The van der Waals surface area contributed by atoms with Gasteiger partial charge in [-0.3, -0.25) is 0 Å². The second-order valence-corrected chi connectivity index (χ2v) is 6.04. The number of nitrogens with two attached hydrogens (primary N) is 1. The zero-order chi connectivity index (χ0) is 15.8. The van der Waals surface area contributed by atoms with Crippen molar-refractivity contribution < 1.29 is 22.8 Å². The van der Waals surface area contributed by atoms with E-state index in [1.54, 1.807) is 13.8 Å². The largest absolute Gasteiger partial charge is 0.478 e. The number of anilines is 2. The van der Waals surface area contributed by atoms with Crippen LogP contribution in [0.5, 0.6) is 0 Å². The SMILES string of the molecule is Cc1noc(NS(=O)(=O)c2ccc(C(=O)O)cc2N)c1C. The molecule has 1 aromatic heterocycles. The lowest BCUT2D eigenvalue weighted by Gasteiger charge is -2.09. The van der Waals surface area contributed by atoms with Crippen LogP contribution in [0.25, 0.3) is 0 Å². The fourth-order valence-electron chi connectivity index (χ4n) is 1.61. The molecule has 2 aromatic rings. The van der Waals surface area contributed by atoms with E-state index in [0.29, 0.717) is 11.3 Å². The highest BCUT2D eigenvalue weighted by molar-refractivity contribution is 7.92. The number of carboxylic acid groups (broad SMARTS) is 1. The van der Waals surface area contributed by atoms with Gasteiger partial charge in [0.2, 0.25) is 5.88 Å². The van der Waals surface area contributed by atoms with E-state index in [-0.39, 0.29) is 22.0 Å². The summed E-state index contributed by atoms with van der Waals surface area (Å²) < 4.78 is 31.6. The highest BCUT2D eigenvalue weighted by atomic mass is 32.2. The third-order valence-corrected chi connectivity index (χ3v) is 4.34. The molecule has 4 N–H and O–H groups in total. The van der Waals surface area contributed by atoms with Crippen LogP contribution in [0.3, 0.4) is 0 Å². The average Bonchev–Trinajstić information content (AvgIpc) is 2.69. The lowest BCUT2D eigenvalue weighted by Crippen LogP contribution is -2.15. The van der Waals surface area contributed by atoms with Gasteiger partial charge in [0.05, 0.1) is 16.9 Å². The first-order valence-electron chi connectivity index (χ1n) is 5.81. The molecule has 112 valence electrons. The molecule has 0 bridgehead atoms. The topological polar surface area (TPSA) is 136 Å². The molecule has 0 spiro atoms. The molecule has 0 aliphatic carbocycles. The number of nitrogens with one attached hydrogen (secondary N) is 1. The van der Waals surface area contributed by atoms with Gasteiger partial charge in [-0.2, -0.15) is 0 Å². The second kappa shape index (κ2) is 5.09.